The Morgan fingerprint density at radius 2 is 0.613 bits per heavy atom. The summed E-state index contributed by atoms with van der Waals surface area (Å²) >= 11 is 6.03. The van der Waals surface area contributed by atoms with Crippen LogP contribution >= 0.6 is 11.6 Å². The van der Waals surface area contributed by atoms with Gasteiger partial charge in [-0.2, -0.15) is 26.3 Å². The summed E-state index contributed by atoms with van der Waals surface area (Å²) in [4.78, 5) is 8.10. The maximum atomic E-state index is 14.7. The van der Waals surface area contributed by atoms with Crippen LogP contribution in [-0.2, 0) is 32.5 Å². The molecule has 0 bridgehead atoms. The van der Waals surface area contributed by atoms with Crippen molar-refractivity contribution in [2.24, 2.45) is 0 Å². The summed E-state index contributed by atoms with van der Waals surface area (Å²) in [6.07, 6.45) is -7.35. The molecule has 0 saturated carbocycles. The summed E-state index contributed by atoms with van der Waals surface area (Å²) in [5.41, 5.74) is 19.9. The second-order valence-corrected chi connectivity index (χ2v) is 31.0. The van der Waals surface area contributed by atoms with E-state index in [1.165, 1.54) is 22.4 Å². The Balaban J connectivity index is 0.000000136. The standard InChI is InChI=1S/C44H32F3N.C30H17ClF3N.C20H27BO2/c1-43(2,3)40-24-29(22-27-12-4-5-13-30(27)40)42-25-38(41(26-48-42)44(45,46)47)28-20-21-37-35-18-9-8-16-33(35)31-14-6-7-15-32(31)34-17-10-11-19-36(34)39(37)23-28;31-29-16-26(28(17-35-29)30(32,33)34)18-13-14-25-23-11-4-3-9-21(23)19-7-1-2-8-20(19)22-10-5-6-12-24(22)27(25)15-18;1-18(2,3)17-13-15(12-14-10-8-9-11-16(14)17)21-22-19(4,5)20(6,7)23-21/h4-26H,1-3H3;1-17H;8-13H,1-7H3. The molecule has 0 radical (unpaired) electrons. The third-order valence-electron chi connectivity index (χ3n) is 21.1. The van der Waals surface area contributed by atoms with E-state index in [-0.39, 0.29) is 45.4 Å². The van der Waals surface area contributed by atoms with Gasteiger partial charge in [-0.1, -0.05) is 284 Å². The maximum absolute atomic E-state index is 14.7. The van der Waals surface area contributed by atoms with Gasteiger partial charge in [0, 0.05) is 18.0 Å². The van der Waals surface area contributed by atoms with Crippen LogP contribution in [0.1, 0.15) is 91.5 Å². The van der Waals surface area contributed by atoms with Crippen LogP contribution in [0, 0.1) is 0 Å². The van der Waals surface area contributed by atoms with Gasteiger partial charge >= 0.3 is 19.5 Å². The van der Waals surface area contributed by atoms with E-state index in [4.69, 9.17) is 20.9 Å². The van der Waals surface area contributed by atoms with Gasteiger partial charge in [0.1, 0.15) is 5.15 Å². The smallest absolute Gasteiger partial charge is 0.399 e. The average Bonchev–Trinajstić information content (AvgIpc) is 0.869. The lowest BCUT2D eigenvalue weighted by atomic mass is 9.73. The number of hydrogen-bond acceptors (Lipinski definition) is 4. The number of fused-ring (bicyclic) bond motifs is 18. The molecule has 3 aliphatic rings. The number of halogens is 7. The monoisotopic (exact) mass is 1420 g/mol. The molecule has 1 saturated heterocycles. The highest BCUT2D eigenvalue weighted by molar-refractivity contribution is 6.62. The van der Waals surface area contributed by atoms with Gasteiger partial charge in [0.15, 0.2) is 0 Å². The second kappa shape index (κ2) is 27.0. The second-order valence-electron chi connectivity index (χ2n) is 30.6. The predicted molar refractivity (Wildman–Crippen MR) is 425 cm³/mol. The zero-order valence-corrected chi connectivity index (χ0v) is 61.2. The van der Waals surface area contributed by atoms with E-state index in [0.29, 0.717) is 16.8 Å². The minimum absolute atomic E-state index is 0.00789. The van der Waals surface area contributed by atoms with E-state index in [1.807, 2.05) is 133 Å². The number of rotatable bonds is 4. The molecule has 2 aliphatic carbocycles. The summed E-state index contributed by atoms with van der Waals surface area (Å²) in [5.74, 6) is 0. The summed E-state index contributed by atoms with van der Waals surface area (Å²) < 4.78 is 98.2. The minimum Gasteiger partial charge on any atom is -0.399 e. The Kier molecular flexibility index (Phi) is 18.1. The van der Waals surface area contributed by atoms with Crippen LogP contribution in [0.25, 0.3) is 144 Å². The van der Waals surface area contributed by atoms with Gasteiger partial charge < -0.3 is 9.31 Å². The molecule has 2 aromatic heterocycles. The van der Waals surface area contributed by atoms with Gasteiger partial charge in [0.05, 0.1) is 28.0 Å². The minimum atomic E-state index is -4.59. The molecule has 14 aromatic rings. The SMILES string of the molecule is CC(C)(C)c1cc(-c2cc(-c3ccc4c(c3)-c3ccccc3-c3ccccc3-c3ccccc3-4)c(C(F)(F)F)cn2)cc2ccccc12.CC(C)(C)c1cc(B2OC(C)(C)C(C)(C)O2)cc2ccccc12.FC(F)(F)c1cnc(Cl)cc1-c1ccc2c(c1)-c1ccccc1-c1ccccc1-c1ccccc1-2. The third-order valence-corrected chi connectivity index (χ3v) is 21.3. The van der Waals surface area contributed by atoms with Crippen molar-refractivity contribution in [1.82, 2.24) is 9.97 Å². The van der Waals surface area contributed by atoms with Crippen LogP contribution in [0.15, 0.2) is 279 Å². The topological polar surface area (TPSA) is 44.2 Å². The zero-order valence-electron chi connectivity index (χ0n) is 60.5. The van der Waals surface area contributed by atoms with E-state index in [2.05, 4.69) is 194 Å². The van der Waals surface area contributed by atoms with Crippen LogP contribution in [0.3, 0.4) is 0 Å². The summed E-state index contributed by atoms with van der Waals surface area (Å²) in [6, 6.07) is 88.4. The zero-order chi connectivity index (χ0) is 74.4. The number of pyridine rings is 2. The van der Waals surface area contributed by atoms with E-state index < -0.39 is 23.5 Å². The van der Waals surface area contributed by atoms with E-state index in [1.54, 1.807) is 12.1 Å². The molecule has 1 aliphatic heterocycles. The summed E-state index contributed by atoms with van der Waals surface area (Å²) in [7, 11) is -0.314. The first kappa shape index (κ1) is 71.0. The third kappa shape index (κ3) is 13.3. The van der Waals surface area contributed by atoms with Gasteiger partial charge in [-0.25, -0.2) is 4.98 Å². The van der Waals surface area contributed by atoms with Gasteiger partial charge in [0.25, 0.3) is 0 Å². The predicted octanol–water partition coefficient (Wildman–Crippen LogP) is 26.7. The normalized spacial score (nSPS) is 14.0. The largest absolute Gasteiger partial charge is 0.494 e. The van der Waals surface area contributed by atoms with Crippen molar-refractivity contribution in [3.05, 3.63) is 307 Å². The number of benzene rings is 12. The molecule has 0 unspecified atom stereocenters. The number of nitrogens with zero attached hydrogens (tertiary/aromatic N) is 2. The highest BCUT2D eigenvalue weighted by Gasteiger charge is 2.52. The van der Waals surface area contributed by atoms with Crippen LogP contribution in [0.5, 0.6) is 0 Å². The molecule has 4 nitrogen and oxygen atoms in total. The molecule has 0 amide bonds. The van der Waals surface area contributed by atoms with Crippen LogP contribution in [0.4, 0.5) is 26.3 Å². The molecular formula is C94H76BClF6N2O2. The van der Waals surface area contributed by atoms with Gasteiger partial charge in [-0.15, -0.1) is 0 Å². The van der Waals surface area contributed by atoms with Crippen LogP contribution in [-0.4, -0.2) is 28.3 Å². The summed E-state index contributed by atoms with van der Waals surface area (Å²) in [6.45, 7) is 21.6. The Morgan fingerprint density at radius 1 is 0.302 bits per heavy atom. The Bertz CT molecular complexity index is 5760. The lowest BCUT2D eigenvalue weighted by Crippen LogP contribution is -2.41. The number of hydrogen-bond donors (Lipinski definition) is 0. The summed E-state index contributed by atoms with van der Waals surface area (Å²) in [5, 5.41) is 4.72. The van der Waals surface area contributed by atoms with Gasteiger partial charge in [-0.3, -0.25) is 4.98 Å². The molecule has 0 spiro atoms. The average molecular weight is 1430 g/mol. The highest BCUT2D eigenvalue weighted by Crippen LogP contribution is 2.53. The lowest BCUT2D eigenvalue weighted by Gasteiger charge is -2.32. The molecule has 12 aromatic carbocycles. The van der Waals surface area contributed by atoms with Crippen molar-refractivity contribution in [1.29, 1.82) is 0 Å². The number of alkyl halides is 6. The maximum Gasteiger partial charge on any atom is 0.494 e. The molecule has 3 heterocycles. The molecule has 0 atom stereocenters. The van der Waals surface area contributed by atoms with Crippen molar-refractivity contribution >= 4 is 45.7 Å². The van der Waals surface area contributed by atoms with Crippen molar-refractivity contribution in [2.75, 3.05) is 0 Å². The van der Waals surface area contributed by atoms with Crippen molar-refractivity contribution in [3.63, 3.8) is 0 Å². The van der Waals surface area contributed by atoms with Crippen molar-refractivity contribution < 1.29 is 35.7 Å². The quantitative estimate of drug-likeness (QED) is 0.100. The molecule has 17 rings (SSSR count). The van der Waals surface area contributed by atoms with Gasteiger partial charge in [0.2, 0.25) is 0 Å². The molecule has 12 heteroatoms. The Labute approximate surface area is 620 Å². The lowest BCUT2D eigenvalue weighted by molar-refractivity contribution is -0.138. The molecular weight excluding hydrogens is 1350 g/mol. The Morgan fingerprint density at radius 3 is 0.981 bits per heavy atom. The van der Waals surface area contributed by atoms with E-state index in [9.17, 15) is 26.3 Å². The number of aromatic nitrogens is 2. The molecule has 526 valence electrons. The van der Waals surface area contributed by atoms with Crippen molar-refractivity contribution in [3.8, 4) is 123 Å². The van der Waals surface area contributed by atoms with E-state index in [0.717, 1.165) is 129 Å². The molecule has 0 N–H and O–H groups in total. The first-order chi connectivity index (χ1) is 50.5. The van der Waals surface area contributed by atoms with Gasteiger partial charge in [-0.05, 0) is 224 Å². The fourth-order valence-electron chi connectivity index (χ4n) is 15.2. The van der Waals surface area contributed by atoms with E-state index >= 15 is 0 Å². The highest BCUT2D eigenvalue weighted by atomic mass is 35.5. The van der Waals surface area contributed by atoms with Crippen LogP contribution in [0.2, 0.25) is 5.15 Å². The Hall–Kier alpha value is -10.7. The first-order valence-corrected chi connectivity index (χ1v) is 36.0. The molecule has 1 fully saturated rings. The molecule has 106 heavy (non-hydrogen) atoms. The fraction of sp³-hybridized carbons (Fsp3) is 0.170. The first-order valence-electron chi connectivity index (χ1n) is 35.6. The fourth-order valence-corrected chi connectivity index (χ4v) is 15.3. The van der Waals surface area contributed by atoms with Crippen molar-refractivity contribution in [2.45, 2.75) is 104 Å². The van der Waals surface area contributed by atoms with Crippen LogP contribution < -0.4 is 5.46 Å².